The number of amides is 1. The molecule has 21 heavy (non-hydrogen) atoms. The SMILES string of the molecule is O=C(O)CCN1C(=O)/C(=C/c2ccc(Cl)cc2Cl)SC1=S. The summed E-state index contributed by atoms with van der Waals surface area (Å²) in [6, 6.07) is 4.96. The van der Waals surface area contributed by atoms with Gasteiger partial charge in [-0.2, -0.15) is 0 Å². The molecule has 110 valence electrons. The molecule has 1 aromatic rings. The largest absolute Gasteiger partial charge is 0.481 e. The van der Waals surface area contributed by atoms with E-state index in [0.717, 1.165) is 11.8 Å². The van der Waals surface area contributed by atoms with Gasteiger partial charge < -0.3 is 5.11 Å². The van der Waals surface area contributed by atoms with Crippen LogP contribution in [0.5, 0.6) is 0 Å². The lowest BCUT2D eigenvalue weighted by molar-refractivity contribution is -0.137. The number of thioether (sulfide) groups is 1. The Kier molecular flexibility index (Phi) is 5.27. The molecular formula is C13H9Cl2NO3S2. The second kappa shape index (κ2) is 6.79. The zero-order valence-corrected chi connectivity index (χ0v) is 13.7. The van der Waals surface area contributed by atoms with Crippen LogP contribution in [0.25, 0.3) is 6.08 Å². The van der Waals surface area contributed by atoms with Crippen molar-refractivity contribution in [3.8, 4) is 0 Å². The van der Waals surface area contributed by atoms with Gasteiger partial charge in [0.15, 0.2) is 0 Å². The third-order valence-electron chi connectivity index (χ3n) is 2.67. The fraction of sp³-hybridized carbons (Fsp3) is 0.154. The van der Waals surface area contributed by atoms with E-state index in [-0.39, 0.29) is 18.9 Å². The first-order chi connectivity index (χ1) is 9.88. The molecule has 0 radical (unpaired) electrons. The number of carboxylic acid groups (broad SMARTS) is 1. The van der Waals surface area contributed by atoms with Crippen LogP contribution >= 0.6 is 47.2 Å². The van der Waals surface area contributed by atoms with Crippen molar-refractivity contribution in [3.63, 3.8) is 0 Å². The first kappa shape index (κ1) is 16.3. The Bertz CT molecular complexity index is 661. The fourth-order valence-electron chi connectivity index (χ4n) is 1.66. The number of thiocarbonyl (C=S) groups is 1. The van der Waals surface area contributed by atoms with Crippen molar-refractivity contribution >= 4 is 69.5 Å². The van der Waals surface area contributed by atoms with Gasteiger partial charge in [-0.1, -0.05) is 53.2 Å². The third-order valence-corrected chi connectivity index (χ3v) is 4.61. The minimum absolute atomic E-state index is 0.0612. The van der Waals surface area contributed by atoms with E-state index in [1.54, 1.807) is 24.3 Å². The summed E-state index contributed by atoms with van der Waals surface area (Å²) in [5, 5.41) is 9.61. The molecule has 2 rings (SSSR count). The highest BCUT2D eigenvalue weighted by Gasteiger charge is 2.32. The summed E-state index contributed by atoms with van der Waals surface area (Å²) in [7, 11) is 0. The van der Waals surface area contributed by atoms with Crippen LogP contribution < -0.4 is 0 Å². The van der Waals surface area contributed by atoms with Gasteiger partial charge in [0.25, 0.3) is 5.91 Å². The first-order valence-electron chi connectivity index (χ1n) is 5.80. The average Bonchev–Trinajstić information content (AvgIpc) is 2.65. The molecule has 0 aliphatic carbocycles. The van der Waals surface area contributed by atoms with Crippen molar-refractivity contribution < 1.29 is 14.7 Å². The Morgan fingerprint density at radius 2 is 2.14 bits per heavy atom. The standard InChI is InChI=1S/C13H9Cl2NO3S2/c14-8-2-1-7(9(15)6-8)5-10-12(19)16(13(20)21-10)4-3-11(17)18/h1-2,5-6H,3-4H2,(H,17,18)/b10-5-. The van der Waals surface area contributed by atoms with E-state index < -0.39 is 5.97 Å². The Hall–Kier alpha value is -1.08. The lowest BCUT2D eigenvalue weighted by Crippen LogP contribution is -2.30. The van der Waals surface area contributed by atoms with Crippen LogP contribution in [0.4, 0.5) is 0 Å². The maximum Gasteiger partial charge on any atom is 0.305 e. The Morgan fingerprint density at radius 3 is 2.76 bits per heavy atom. The number of rotatable bonds is 4. The van der Waals surface area contributed by atoms with Crippen molar-refractivity contribution in [3.05, 3.63) is 38.7 Å². The molecule has 1 aromatic carbocycles. The zero-order valence-electron chi connectivity index (χ0n) is 10.5. The molecule has 1 amide bonds. The number of hydrogen-bond acceptors (Lipinski definition) is 4. The number of carbonyl (C=O) groups is 2. The molecule has 0 aromatic heterocycles. The van der Waals surface area contributed by atoms with E-state index in [2.05, 4.69) is 0 Å². The summed E-state index contributed by atoms with van der Waals surface area (Å²) >= 11 is 18.1. The van der Waals surface area contributed by atoms with Crippen LogP contribution in [0.3, 0.4) is 0 Å². The molecule has 1 saturated heterocycles. The number of benzene rings is 1. The molecule has 4 nitrogen and oxygen atoms in total. The number of carboxylic acids is 1. The van der Waals surface area contributed by atoms with Crippen molar-refractivity contribution in [2.75, 3.05) is 6.54 Å². The molecule has 0 saturated carbocycles. The minimum atomic E-state index is -0.978. The van der Waals surface area contributed by atoms with E-state index >= 15 is 0 Å². The van der Waals surface area contributed by atoms with Gasteiger partial charge in [-0.05, 0) is 23.8 Å². The van der Waals surface area contributed by atoms with Crippen LogP contribution in [-0.4, -0.2) is 32.7 Å². The summed E-state index contributed by atoms with van der Waals surface area (Å²) in [5.41, 5.74) is 0.653. The molecule has 0 atom stereocenters. The number of halogens is 2. The molecule has 1 aliphatic heterocycles. The van der Waals surface area contributed by atoms with Crippen molar-refractivity contribution in [2.24, 2.45) is 0 Å². The van der Waals surface area contributed by atoms with Gasteiger partial charge in [0, 0.05) is 16.6 Å². The fourth-order valence-corrected chi connectivity index (χ4v) is 3.42. The zero-order chi connectivity index (χ0) is 15.6. The highest BCUT2D eigenvalue weighted by Crippen LogP contribution is 2.34. The molecule has 8 heteroatoms. The predicted molar refractivity (Wildman–Crippen MR) is 88.6 cm³/mol. The second-order valence-corrected chi connectivity index (χ2v) is 6.66. The second-order valence-electron chi connectivity index (χ2n) is 4.14. The quantitative estimate of drug-likeness (QED) is 0.654. The number of aliphatic carboxylic acids is 1. The van der Waals surface area contributed by atoms with E-state index in [1.165, 1.54) is 4.90 Å². The van der Waals surface area contributed by atoms with Gasteiger partial charge in [-0.15, -0.1) is 0 Å². The van der Waals surface area contributed by atoms with Crippen LogP contribution in [0.2, 0.25) is 10.0 Å². The highest BCUT2D eigenvalue weighted by molar-refractivity contribution is 8.26. The molecule has 1 fully saturated rings. The maximum atomic E-state index is 12.2. The topological polar surface area (TPSA) is 57.6 Å². The summed E-state index contributed by atoms with van der Waals surface area (Å²) in [6.45, 7) is 0.0612. The Morgan fingerprint density at radius 1 is 1.43 bits per heavy atom. The monoisotopic (exact) mass is 361 g/mol. The van der Waals surface area contributed by atoms with Crippen LogP contribution in [-0.2, 0) is 9.59 Å². The molecule has 0 unspecified atom stereocenters. The lowest BCUT2D eigenvalue weighted by atomic mass is 10.2. The molecular weight excluding hydrogens is 353 g/mol. The van der Waals surface area contributed by atoms with Crippen LogP contribution in [0.1, 0.15) is 12.0 Å². The van der Waals surface area contributed by atoms with Gasteiger partial charge >= 0.3 is 5.97 Å². The van der Waals surface area contributed by atoms with Gasteiger partial charge in [0.2, 0.25) is 0 Å². The summed E-state index contributed by atoms with van der Waals surface area (Å²) in [5.74, 6) is -1.29. The normalized spacial score (nSPS) is 16.9. The molecule has 1 aliphatic rings. The summed E-state index contributed by atoms with van der Waals surface area (Å²) in [6.07, 6.45) is 1.47. The van der Waals surface area contributed by atoms with Gasteiger partial charge in [-0.25, -0.2) is 0 Å². The molecule has 0 bridgehead atoms. The van der Waals surface area contributed by atoms with Crippen molar-refractivity contribution in [1.29, 1.82) is 0 Å². The average molecular weight is 362 g/mol. The van der Waals surface area contributed by atoms with Crippen molar-refractivity contribution in [2.45, 2.75) is 6.42 Å². The smallest absolute Gasteiger partial charge is 0.305 e. The molecule has 1 heterocycles. The van der Waals surface area contributed by atoms with E-state index in [9.17, 15) is 9.59 Å². The van der Waals surface area contributed by atoms with Crippen LogP contribution in [0.15, 0.2) is 23.1 Å². The predicted octanol–water partition coefficient (Wildman–Crippen LogP) is 3.67. The van der Waals surface area contributed by atoms with E-state index in [1.807, 2.05) is 0 Å². The summed E-state index contributed by atoms with van der Waals surface area (Å²) < 4.78 is 0.345. The molecule has 1 N–H and O–H groups in total. The summed E-state index contributed by atoms with van der Waals surface area (Å²) in [4.78, 5) is 24.5. The number of carbonyl (C=O) groups excluding carboxylic acids is 1. The van der Waals surface area contributed by atoms with E-state index in [0.29, 0.717) is 24.8 Å². The van der Waals surface area contributed by atoms with Gasteiger partial charge in [0.05, 0.1) is 11.3 Å². The Balaban J connectivity index is 2.21. The highest BCUT2D eigenvalue weighted by atomic mass is 35.5. The number of hydrogen-bond donors (Lipinski definition) is 1. The minimum Gasteiger partial charge on any atom is -0.481 e. The molecule has 0 spiro atoms. The van der Waals surface area contributed by atoms with Crippen molar-refractivity contribution in [1.82, 2.24) is 4.90 Å². The first-order valence-corrected chi connectivity index (χ1v) is 7.79. The van der Waals surface area contributed by atoms with Gasteiger partial charge in [0.1, 0.15) is 4.32 Å². The third kappa shape index (κ3) is 3.97. The lowest BCUT2D eigenvalue weighted by Gasteiger charge is -2.12. The maximum absolute atomic E-state index is 12.2. The van der Waals surface area contributed by atoms with Gasteiger partial charge in [-0.3, -0.25) is 14.5 Å². The Labute approximate surface area is 140 Å². The van der Waals surface area contributed by atoms with E-state index in [4.69, 9.17) is 40.5 Å². The van der Waals surface area contributed by atoms with Crippen LogP contribution in [0, 0.1) is 0 Å². The number of nitrogens with zero attached hydrogens (tertiary/aromatic N) is 1.